The molecule has 6 nitrogen and oxygen atoms in total. The summed E-state index contributed by atoms with van der Waals surface area (Å²) in [5, 5.41) is 14.2. The highest BCUT2D eigenvalue weighted by atomic mass is 35.5. The fourth-order valence-corrected chi connectivity index (χ4v) is 5.73. The largest absolute Gasteiger partial charge is 0.492 e. The number of hydrogen-bond acceptors (Lipinski definition) is 5. The van der Waals surface area contributed by atoms with Crippen molar-refractivity contribution in [3.05, 3.63) is 94.5 Å². The van der Waals surface area contributed by atoms with Gasteiger partial charge in [-0.3, -0.25) is 4.90 Å². The number of likely N-dealkylation sites (tertiary alicyclic amines) is 1. The molecule has 2 fully saturated rings. The molecule has 0 radical (unpaired) electrons. The number of carboxylic acid groups (broad SMARTS) is 1. The Morgan fingerprint density at radius 3 is 2.15 bits per heavy atom. The minimum Gasteiger partial charge on any atom is -0.492 e. The lowest BCUT2D eigenvalue weighted by Crippen LogP contribution is -2.33. The summed E-state index contributed by atoms with van der Waals surface area (Å²) in [6.07, 6.45) is -0.686. The molecule has 40 heavy (non-hydrogen) atoms. The first-order valence-electron chi connectivity index (χ1n) is 14.1. The van der Waals surface area contributed by atoms with Crippen molar-refractivity contribution in [3.8, 4) is 11.5 Å². The van der Waals surface area contributed by atoms with Gasteiger partial charge in [0.05, 0.1) is 0 Å². The van der Waals surface area contributed by atoms with Gasteiger partial charge in [-0.2, -0.15) is 0 Å². The Balaban J connectivity index is 1.01. The SMILES string of the molecule is CC(C)(C)c1ccc(O[C@@H](Cc2ccc(OCCNC3C4CN(Cc5ccc(Cl)cc5)C[C@@H]43)cc2)C(=O)O)cc1. The summed E-state index contributed by atoms with van der Waals surface area (Å²) in [7, 11) is 0. The molecule has 3 aromatic carbocycles. The number of nitrogens with one attached hydrogen (secondary N) is 1. The van der Waals surface area contributed by atoms with Crippen LogP contribution in [0.3, 0.4) is 0 Å². The molecule has 3 aromatic rings. The molecule has 0 amide bonds. The highest BCUT2D eigenvalue weighted by molar-refractivity contribution is 6.30. The van der Waals surface area contributed by atoms with Gasteiger partial charge in [-0.25, -0.2) is 4.79 Å². The van der Waals surface area contributed by atoms with E-state index in [1.807, 2.05) is 60.7 Å². The molecule has 0 aromatic heterocycles. The van der Waals surface area contributed by atoms with E-state index in [-0.39, 0.29) is 11.8 Å². The molecule has 1 saturated carbocycles. The third-order valence-corrected chi connectivity index (χ3v) is 8.21. The predicted octanol–water partition coefficient (Wildman–Crippen LogP) is 5.81. The Morgan fingerprint density at radius 1 is 0.950 bits per heavy atom. The summed E-state index contributed by atoms with van der Waals surface area (Å²) in [6, 6.07) is 24.0. The molecule has 2 unspecified atom stereocenters. The molecule has 0 spiro atoms. The van der Waals surface area contributed by atoms with Gasteiger partial charge < -0.3 is 19.9 Å². The number of nitrogens with zero attached hydrogens (tertiary/aromatic N) is 1. The van der Waals surface area contributed by atoms with Crippen LogP contribution in [-0.2, 0) is 23.2 Å². The topological polar surface area (TPSA) is 71.0 Å². The molecule has 1 heterocycles. The van der Waals surface area contributed by atoms with Crippen LogP contribution in [0.4, 0.5) is 0 Å². The summed E-state index contributed by atoms with van der Waals surface area (Å²) >= 11 is 5.99. The van der Waals surface area contributed by atoms with Gasteiger partial charge >= 0.3 is 5.97 Å². The van der Waals surface area contributed by atoms with Crippen LogP contribution < -0.4 is 14.8 Å². The van der Waals surface area contributed by atoms with E-state index in [0.717, 1.165) is 54.4 Å². The smallest absolute Gasteiger partial charge is 0.345 e. The molecule has 1 saturated heterocycles. The van der Waals surface area contributed by atoms with Crippen LogP contribution in [0.2, 0.25) is 5.02 Å². The molecule has 7 heteroatoms. The molecular formula is C33H39ClN2O4. The second-order valence-electron chi connectivity index (χ2n) is 12.0. The van der Waals surface area contributed by atoms with Crippen molar-refractivity contribution in [2.24, 2.45) is 11.8 Å². The molecule has 1 aliphatic carbocycles. The highest BCUT2D eigenvalue weighted by Gasteiger charge is 2.55. The highest BCUT2D eigenvalue weighted by Crippen LogP contribution is 2.45. The zero-order valence-corrected chi connectivity index (χ0v) is 24.2. The number of carbonyl (C=O) groups is 1. The Bertz CT molecular complexity index is 1260. The Morgan fingerprint density at radius 2 is 1.55 bits per heavy atom. The first-order chi connectivity index (χ1) is 19.2. The van der Waals surface area contributed by atoms with Gasteiger partial charge in [-0.1, -0.05) is 68.8 Å². The molecular weight excluding hydrogens is 524 g/mol. The van der Waals surface area contributed by atoms with Crippen molar-refractivity contribution in [3.63, 3.8) is 0 Å². The third-order valence-electron chi connectivity index (χ3n) is 7.96. The van der Waals surface area contributed by atoms with Crippen LogP contribution in [0.25, 0.3) is 0 Å². The lowest BCUT2D eigenvalue weighted by molar-refractivity contribution is -0.145. The van der Waals surface area contributed by atoms with Crippen LogP contribution in [0.15, 0.2) is 72.8 Å². The van der Waals surface area contributed by atoms with Gasteiger partial charge in [-0.15, -0.1) is 0 Å². The summed E-state index contributed by atoms with van der Waals surface area (Å²) < 4.78 is 11.7. The summed E-state index contributed by atoms with van der Waals surface area (Å²) in [5.41, 5.74) is 3.40. The second-order valence-corrected chi connectivity index (χ2v) is 12.5. The van der Waals surface area contributed by atoms with E-state index in [4.69, 9.17) is 21.1 Å². The fraction of sp³-hybridized carbons (Fsp3) is 0.424. The zero-order chi connectivity index (χ0) is 28.3. The average molecular weight is 563 g/mol. The number of ether oxygens (including phenoxy) is 2. The molecule has 0 bridgehead atoms. The van der Waals surface area contributed by atoms with Crippen LogP contribution in [0.5, 0.6) is 11.5 Å². The maximum atomic E-state index is 11.9. The maximum Gasteiger partial charge on any atom is 0.345 e. The van der Waals surface area contributed by atoms with E-state index in [9.17, 15) is 9.90 Å². The number of hydrogen-bond donors (Lipinski definition) is 2. The fourth-order valence-electron chi connectivity index (χ4n) is 5.60. The van der Waals surface area contributed by atoms with Gasteiger partial charge in [-0.05, 0) is 70.3 Å². The normalized spacial score (nSPS) is 21.1. The molecule has 212 valence electrons. The van der Waals surface area contributed by atoms with E-state index in [2.05, 4.69) is 43.1 Å². The second kappa shape index (κ2) is 12.2. The summed E-state index contributed by atoms with van der Waals surface area (Å²) in [5.74, 6) is 1.81. The van der Waals surface area contributed by atoms with Crippen LogP contribution in [0, 0.1) is 11.8 Å². The Kier molecular flexibility index (Phi) is 8.69. The first kappa shape index (κ1) is 28.5. The van der Waals surface area contributed by atoms with Crippen LogP contribution in [-0.4, -0.2) is 54.4 Å². The van der Waals surface area contributed by atoms with E-state index >= 15 is 0 Å². The van der Waals surface area contributed by atoms with E-state index in [1.54, 1.807) is 0 Å². The summed E-state index contributed by atoms with van der Waals surface area (Å²) in [4.78, 5) is 14.4. The molecule has 2 N–H and O–H groups in total. The molecule has 2 aliphatic rings. The third kappa shape index (κ3) is 7.36. The van der Waals surface area contributed by atoms with Crippen molar-refractivity contribution < 1.29 is 19.4 Å². The van der Waals surface area contributed by atoms with E-state index in [1.165, 1.54) is 11.1 Å². The van der Waals surface area contributed by atoms with Crippen molar-refractivity contribution in [2.45, 2.75) is 51.3 Å². The van der Waals surface area contributed by atoms with Gasteiger partial charge in [0.2, 0.25) is 0 Å². The summed E-state index contributed by atoms with van der Waals surface area (Å²) in [6.45, 7) is 11.1. The number of carboxylic acids is 1. The number of aliphatic carboxylic acids is 1. The van der Waals surface area contributed by atoms with E-state index < -0.39 is 12.1 Å². The average Bonchev–Trinajstić information content (AvgIpc) is 3.37. The van der Waals surface area contributed by atoms with Gasteiger partial charge in [0.15, 0.2) is 6.10 Å². The molecule has 5 rings (SSSR count). The lowest BCUT2D eigenvalue weighted by Gasteiger charge is -2.20. The number of piperidine rings is 1. The first-order valence-corrected chi connectivity index (χ1v) is 14.5. The minimum absolute atomic E-state index is 0.0302. The zero-order valence-electron chi connectivity index (χ0n) is 23.5. The minimum atomic E-state index is -0.982. The number of benzene rings is 3. The molecule has 4 atom stereocenters. The van der Waals surface area contributed by atoms with E-state index in [0.29, 0.717) is 18.4 Å². The molecule has 1 aliphatic heterocycles. The van der Waals surface area contributed by atoms with Crippen molar-refractivity contribution >= 4 is 17.6 Å². The lowest BCUT2D eigenvalue weighted by atomic mass is 9.87. The standard InChI is InChI=1S/C33H39ClN2O4/c1-33(2,3)24-8-14-27(15-9-24)40-30(32(37)38)18-22-6-12-26(13-7-22)39-17-16-35-31-28-20-36(21-29(28)31)19-23-4-10-25(34)11-5-23/h4-15,28-31,35H,16-21H2,1-3H3,(H,37,38)/t28-,29?,30-,31?/m0/s1. The van der Waals surface area contributed by atoms with Gasteiger partial charge in [0.25, 0.3) is 0 Å². The van der Waals surface area contributed by atoms with Crippen molar-refractivity contribution in [2.75, 3.05) is 26.2 Å². The Labute approximate surface area is 242 Å². The Hall–Kier alpha value is -3.06. The van der Waals surface area contributed by atoms with Crippen LogP contribution in [0.1, 0.15) is 37.5 Å². The van der Waals surface area contributed by atoms with Crippen molar-refractivity contribution in [1.29, 1.82) is 0 Å². The monoisotopic (exact) mass is 562 g/mol. The number of fused-ring (bicyclic) bond motifs is 1. The quantitative estimate of drug-likeness (QED) is 0.271. The number of halogens is 1. The maximum absolute atomic E-state index is 11.9. The number of rotatable bonds is 12. The van der Waals surface area contributed by atoms with Crippen LogP contribution >= 0.6 is 11.6 Å². The van der Waals surface area contributed by atoms with Gasteiger partial charge in [0.1, 0.15) is 18.1 Å². The predicted molar refractivity (Wildman–Crippen MR) is 158 cm³/mol. The van der Waals surface area contributed by atoms with Crippen molar-refractivity contribution in [1.82, 2.24) is 10.2 Å². The van der Waals surface area contributed by atoms with Gasteiger partial charge in [0, 0.05) is 43.7 Å².